The van der Waals surface area contributed by atoms with Crippen molar-refractivity contribution in [3.05, 3.63) is 66.1 Å². The SMILES string of the molecule is CC(C)N(C=N)C(=N)c1cccc(C(=O)Nc2cc(-n3cnc(C4CC4)c3)ccn2)n1. The van der Waals surface area contributed by atoms with Crippen molar-refractivity contribution in [1.82, 2.24) is 24.4 Å². The summed E-state index contributed by atoms with van der Waals surface area (Å²) in [6.45, 7) is 3.76. The van der Waals surface area contributed by atoms with Gasteiger partial charge in [0, 0.05) is 30.4 Å². The average Bonchev–Trinajstić information content (AvgIpc) is 3.50. The Kier molecular flexibility index (Phi) is 5.57. The van der Waals surface area contributed by atoms with E-state index in [1.165, 1.54) is 17.7 Å². The Morgan fingerprint density at radius 1 is 1.26 bits per heavy atom. The molecule has 0 saturated heterocycles. The lowest BCUT2D eigenvalue weighted by Crippen LogP contribution is -2.36. The number of nitrogens with zero attached hydrogens (tertiary/aromatic N) is 5. The third-order valence-corrected chi connectivity index (χ3v) is 5.06. The third kappa shape index (κ3) is 4.50. The van der Waals surface area contributed by atoms with E-state index in [0.29, 0.717) is 17.4 Å². The number of carbonyl (C=O) groups excluding carboxylic acids is 1. The van der Waals surface area contributed by atoms with Gasteiger partial charge in [0.05, 0.1) is 24.0 Å². The van der Waals surface area contributed by atoms with Gasteiger partial charge in [-0.25, -0.2) is 15.0 Å². The second-order valence-corrected chi connectivity index (χ2v) is 7.72. The highest BCUT2D eigenvalue weighted by molar-refractivity contribution is 6.05. The molecule has 1 fully saturated rings. The van der Waals surface area contributed by atoms with Crippen LogP contribution in [-0.4, -0.2) is 48.5 Å². The smallest absolute Gasteiger partial charge is 0.275 e. The number of imidazole rings is 1. The topological polar surface area (TPSA) is 124 Å². The average molecular weight is 416 g/mol. The fourth-order valence-electron chi connectivity index (χ4n) is 3.20. The first kappa shape index (κ1) is 20.4. The molecule has 3 aromatic rings. The summed E-state index contributed by atoms with van der Waals surface area (Å²) in [7, 11) is 0. The van der Waals surface area contributed by atoms with Crippen LogP contribution in [0.5, 0.6) is 0 Å². The highest BCUT2D eigenvalue weighted by atomic mass is 16.1. The molecule has 31 heavy (non-hydrogen) atoms. The maximum atomic E-state index is 12.7. The Balaban J connectivity index is 1.50. The van der Waals surface area contributed by atoms with Gasteiger partial charge >= 0.3 is 0 Å². The summed E-state index contributed by atoms with van der Waals surface area (Å²) in [5.74, 6) is 0.606. The summed E-state index contributed by atoms with van der Waals surface area (Å²) < 4.78 is 1.92. The number of amidine groups is 1. The molecule has 1 amide bonds. The number of hydrogen-bond acceptors (Lipinski definition) is 6. The van der Waals surface area contributed by atoms with Crippen LogP contribution in [0.15, 0.2) is 49.1 Å². The summed E-state index contributed by atoms with van der Waals surface area (Å²) in [6, 6.07) is 8.46. The van der Waals surface area contributed by atoms with Gasteiger partial charge in [-0.2, -0.15) is 0 Å². The summed E-state index contributed by atoms with van der Waals surface area (Å²) in [5, 5.41) is 18.6. The molecular formula is C22H24N8O. The van der Waals surface area contributed by atoms with Crippen molar-refractivity contribution in [2.75, 3.05) is 5.32 Å². The number of aromatic nitrogens is 4. The summed E-state index contributed by atoms with van der Waals surface area (Å²) in [5.41, 5.74) is 2.43. The molecule has 0 bridgehead atoms. The van der Waals surface area contributed by atoms with E-state index in [0.717, 1.165) is 17.7 Å². The molecule has 9 nitrogen and oxygen atoms in total. The Hall–Kier alpha value is -3.88. The van der Waals surface area contributed by atoms with Crippen LogP contribution in [0.1, 0.15) is 54.5 Å². The monoisotopic (exact) mass is 416 g/mol. The molecule has 0 aromatic carbocycles. The number of rotatable bonds is 7. The van der Waals surface area contributed by atoms with Gasteiger partial charge in [-0.05, 0) is 44.9 Å². The molecule has 3 N–H and O–H groups in total. The lowest BCUT2D eigenvalue weighted by atomic mass is 10.2. The van der Waals surface area contributed by atoms with Crippen molar-refractivity contribution in [3.8, 4) is 5.69 Å². The van der Waals surface area contributed by atoms with Gasteiger partial charge < -0.3 is 14.8 Å². The first-order valence-corrected chi connectivity index (χ1v) is 10.1. The van der Waals surface area contributed by atoms with E-state index < -0.39 is 5.91 Å². The van der Waals surface area contributed by atoms with E-state index in [4.69, 9.17) is 10.8 Å². The number of amides is 1. The quantitative estimate of drug-likeness (QED) is 0.402. The van der Waals surface area contributed by atoms with Crippen LogP contribution in [0, 0.1) is 10.8 Å². The molecule has 0 spiro atoms. The minimum atomic E-state index is -0.422. The largest absolute Gasteiger partial charge is 0.314 e. The van der Waals surface area contributed by atoms with Crippen molar-refractivity contribution >= 4 is 23.9 Å². The van der Waals surface area contributed by atoms with Gasteiger partial charge in [-0.15, -0.1) is 0 Å². The maximum Gasteiger partial charge on any atom is 0.275 e. The van der Waals surface area contributed by atoms with Crippen LogP contribution in [0.3, 0.4) is 0 Å². The van der Waals surface area contributed by atoms with Gasteiger partial charge in [0.2, 0.25) is 0 Å². The summed E-state index contributed by atoms with van der Waals surface area (Å²) >= 11 is 0. The highest BCUT2D eigenvalue weighted by Gasteiger charge is 2.25. The van der Waals surface area contributed by atoms with E-state index in [2.05, 4.69) is 20.3 Å². The first-order valence-electron chi connectivity index (χ1n) is 10.1. The number of nitrogens with one attached hydrogen (secondary N) is 3. The third-order valence-electron chi connectivity index (χ3n) is 5.06. The summed E-state index contributed by atoms with van der Waals surface area (Å²) in [6.07, 6.45) is 8.88. The fraction of sp³-hybridized carbons (Fsp3) is 0.273. The molecule has 1 saturated carbocycles. The van der Waals surface area contributed by atoms with Crippen LogP contribution in [0.25, 0.3) is 5.69 Å². The van der Waals surface area contributed by atoms with Gasteiger partial charge in [0.25, 0.3) is 5.91 Å². The molecule has 0 atom stereocenters. The zero-order valence-electron chi connectivity index (χ0n) is 17.4. The number of carbonyl (C=O) groups is 1. The van der Waals surface area contributed by atoms with Crippen molar-refractivity contribution in [2.45, 2.75) is 38.6 Å². The van der Waals surface area contributed by atoms with Crippen molar-refractivity contribution in [2.24, 2.45) is 0 Å². The minimum Gasteiger partial charge on any atom is -0.314 e. The van der Waals surface area contributed by atoms with Crippen LogP contribution in [0.4, 0.5) is 5.82 Å². The number of pyridine rings is 2. The van der Waals surface area contributed by atoms with Crippen molar-refractivity contribution < 1.29 is 4.79 Å². The lowest BCUT2D eigenvalue weighted by Gasteiger charge is -2.23. The minimum absolute atomic E-state index is 0.0614. The highest BCUT2D eigenvalue weighted by Crippen LogP contribution is 2.39. The van der Waals surface area contributed by atoms with Gasteiger partial charge in [0.1, 0.15) is 17.2 Å². The number of anilines is 1. The molecule has 4 rings (SSSR count). The Labute approximate surface area is 180 Å². The van der Waals surface area contributed by atoms with Crippen LogP contribution in [0.2, 0.25) is 0 Å². The van der Waals surface area contributed by atoms with E-state index in [9.17, 15) is 4.79 Å². The van der Waals surface area contributed by atoms with E-state index in [1.807, 2.05) is 30.7 Å². The molecule has 9 heteroatoms. The fourth-order valence-corrected chi connectivity index (χ4v) is 3.20. The molecule has 1 aliphatic rings. The predicted molar refractivity (Wildman–Crippen MR) is 118 cm³/mol. The Bertz CT molecular complexity index is 1130. The van der Waals surface area contributed by atoms with Gasteiger partial charge in [-0.1, -0.05) is 6.07 Å². The van der Waals surface area contributed by atoms with Crippen molar-refractivity contribution in [1.29, 1.82) is 10.8 Å². The molecule has 0 radical (unpaired) electrons. The van der Waals surface area contributed by atoms with Gasteiger partial charge in [-0.3, -0.25) is 15.6 Å². The normalized spacial score (nSPS) is 13.1. The van der Waals surface area contributed by atoms with E-state index >= 15 is 0 Å². The van der Waals surface area contributed by atoms with Gasteiger partial charge in [0.15, 0.2) is 5.84 Å². The zero-order valence-corrected chi connectivity index (χ0v) is 17.4. The van der Waals surface area contributed by atoms with Crippen LogP contribution in [-0.2, 0) is 0 Å². The standard InChI is InChI=1S/C22H24N8O/c1-14(2)30(12-23)21(24)17-4-3-5-18(27-17)22(31)28-20-10-16(8-9-25-20)29-11-19(26-13-29)15-6-7-15/h3-5,8-15,23-24H,6-7H2,1-2H3,(H,25,28,31). The predicted octanol–water partition coefficient (Wildman–Crippen LogP) is 3.43. The summed E-state index contributed by atoms with van der Waals surface area (Å²) in [4.78, 5) is 27.2. The van der Waals surface area contributed by atoms with Crippen molar-refractivity contribution in [3.63, 3.8) is 0 Å². The molecule has 1 aliphatic carbocycles. The second kappa shape index (κ2) is 8.47. The molecule has 158 valence electrons. The Morgan fingerprint density at radius 2 is 2.03 bits per heavy atom. The molecule has 0 aliphatic heterocycles. The number of hydrogen-bond donors (Lipinski definition) is 3. The first-order chi connectivity index (χ1) is 15.0. The molecule has 3 heterocycles. The molecule has 3 aromatic heterocycles. The molecular weight excluding hydrogens is 392 g/mol. The molecule has 0 unspecified atom stereocenters. The lowest BCUT2D eigenvalue weighted by molar-refractivity contribution is 0.102. The Morgan fingerprint density at radius 3 is 2.74 bits per heavy atom. The van der Waals surface area contributed by atoms with E-state index in [1.54, 1.807) is 36.8 Å². The maximum absolute atomic E-state index is 12.7. The van der Waals surface area contributed by atoms with Crippen LogP contribution < -0.4 is 5.32 Å². The second-order valence-electron chi connectivity index (χ2n) is 7.72. The van der Waals surface area contributed by atoms with Crippen LogP contribution >= 0.6 is 0 Å². The zero-order chi connectivity index (χ0) is 22.0. The van der Waals surface area contributed by atoms with E-state index in [-0.39, 0.29) is 17.6 Å².